The van der Waals surface area contributed by atoms with Crippen LogP contribution >= 0.6 is 0 Å². The molecule has 0 aliphatic carbocycles. The minimum Gasteiger partial charge on any atom is -0.366 e. The highest BCUT2D eigenvalue weighted by Gasteiger charge is 2.28. The third-order valence-electron chi connectivity index (χ3n) is 3.47. The molecule has 2 atom stereocenters. The van der Waals surface area contributed by atoms with E-state index in [2.05, 4.69) is 56.9 Å². The van der Waals surface area contributed by atoms with Gasteiger partial charge in [-0.25, -0.2) is 0 Å². The summed E-state index contributed by atoms with van der Waals surface area (Å²) in [5, 5.41) is 0. The van der Waals surface area contributed by atoms with Crippen molar-refractivity contribution in [3.63, 3.8) is 0 Å². The maximum atomic E-state index is 2.55. The first kappa shape index (κ1) is 10.5. The first-order valence-corrected chi connectivity index (χ1v) is 5.98. The first-order chi connectivity index (χ1) is 7.11. The van der Waals surface area contributed by atoms with Crippen molar-refractivity contribution in [2.45, 2.75) is 52.1 Å². The van der Waals surface area contributed by atoms with Crippen molar-refractivity contribution in [2.24, 2.45) is 0 Å². The number of nitrogens with zero attached hydrogens (tertiary/aromatic N) is 1. The molecule has 2 rings (SSSR count). The fourth-order valence-electron chi connectivity index (χ4n) is 2.92. The van der Waals surface area contributed by atoms with Crippen LogP contribution in [0, 0.1) is 0 Å². The maximum absolute atomic E-state index is 2.55. The molecule has 0 spiro atoms. The van der Waals surface area contributed by atoms with Gasteiger partial charge in [-0.1, -0.05) is 25.1 Å². The summed E-state index contributed by atoms with van der Waals surface area (Å²) in [5.74, 6) is 0.700. The van der Waals surface area contributed by atoms with Crippen LogP contribution in [0.3, 0.4) is 0 Å². The average molecular weight is 203 g/mol. The minimum atomic E-state index is 0.591. The van der Waals surface area contributed by atoms with E-state index in [1.165, 1.54) is 17.7 Å². The summed E-state index contributed by atoms with van der Waals surface area (Å²) >= 11 is 0. The molecule has 0 aromatic heterocycles. The van der Waals surface area contributed by atoms with E-state index >= 15 is 0 Å². The Morgan fingerprint density at radius 2 is 1.87 bits per heavy atom. The highest BCUT2D eigenvalue weighted by Crippen LogP contribution is 2.38. The molecule has 1 aliphatic rings. The Balaban J connectivity index is 2.47. The van der Waals surface area contributed by atoms with Crippen molar-refractivity contribution in [3.8, 4) is 0 Å². The lowest BCUT2D eigenvalue weighted by Gasteiger charge is -2.42. The van der Waals surface area contributed by atoms with E-state index in [4.69, 9.17) is 0 Å². The minimum absolute atomic E-state index is 0.591. The summed E-state index contributed by atoms with van der Waals surface area (Å²) in [6.45, 7) is 9.24. The van der Waals surface area contributed by atoms with Gasteiger partial charge in [0, 0.05) is 17.8 Å². The van der Waals surface area contributed by atoms with Gasteiger partial charge in [-0.15, -0.1) is 0 Å². The van der Waals surface area contributed by atoms with E-state index in [-0.39, 0.29) is 0 Å². The standard InChI is InChI=1S/C14H21N/c1-10(2)15-12(4)9-11(3)13-7-5-6-8-14(13)15/h5-8,10-12H,9H2,1-4H3/t11-,12+/m0/s1. The number of anilines is 1. The van der Waals surface area contributed by atoms with Crippen molar-refractivity contribution >= 4 is 5.69 Å². The Kier molecular flexibility index (Phi) is 2.72. The number of hydrogen-bond acceptors (Lipinski definition) is 1. The zero-order valence-electron chi connectivity index (χ0n) is 10.2. The third kappa shape index (κ3) is 1.75. The summed E-state index contributed by atoms with van der Waals surface area (Å²) in [6.07, 6.45) is 1.27. The second-order valence-corrected chi connectivity index (χ2v) is 5.05. The van der Waals surface area contributed by atoms with Crippen molar-refractivity contribution < 1.29 is 0 Å². The van der Waals surface area contributed by atoms with Gasteiger partial charge in [0.15, 0.2) is 0 Å². The highest BCUT2D eigenvalue weighted by atomic mass is 15.2. The van der Waals surface area contributed by atoms with Crippen LogP contribution in [0.2, 0.25) is 0 Å². The molecule has 1 heterocycles. The molecule has 1 nitrogen and oxygen atoms in total. The van der Waals surface area contributed by atoms with E-state index in [1.54, 1.807) is 0 Å². The molecule has 1 aromatic rings. The predicted octanol–water partition coefficient (Wildman–Crippen LogP) is 3.80. The van der Waals surface area contributed by atoms with Gasteiger partial charge in [0.05, 0.1) is 0 Å². The number of hydrogen-bond donors (Lipinski definition) is 0. The van der Waals surface area contributed by atoms with Crippen molar-refractivity contribution in [3.05, 3.63) is 29.8 Å². The van der Waals surface area contributed by atoms with E-state index in [9.17, 15) is 0 Å². The van der Waals surface area contributed by atoms with Crippen LogP contribution in [0.25, 0.3) is 0 Å². The quantitative estimate of drug-likeness (QED) is 0.671. The van der Waals surface area contributed by atoms with Crippen LogP contribution in [0.1, 0.15) is 45.6 Å². The summed E-state index contributed by atoms with van der Waals surface area (Å²) in [5.41, 5.74) is 2.96. The Labute approximate surface area is 93.1 Å². The lowest BCUT2D eigenvalue weighted by Crippen LogP contribution is -2.42. The van der Waals surface area contributed by atoms with Gasteiger partial charge in [-0.05, 0) is 44.7 Å². The number of rotatable bonds is 1. The van der Waals surface area contributed by atoms with Crippen molar-refractivity contribution in [1.29, 1.82) is 0 Å². The van der Waals surface area contributed by atoms with Crippen LogP contribution in [0.4, 0.5) is 5.69 Å². The van der Waals surface area contributed by atoms with E-state index in [0.717, 1.165) is 0 Å². The number of para-hydroxylation sites is 1. The SMILES string of the molecule is CC(C)N1c2ccccc2[C@@H](C)C[C@H]1C. The molecule has 1 aliphatic heterocycles. The normalized spacial score (nSPS) is 25.5. The van der Waals surface area contributed by atoms with Gasteiger partial charge in [0.25, 0.3) is 0 Å². The molecule has 1 heteroatoms. The van der Waals surface area contributed by atoms with Crippen molar-refractivity contribution in [1.82, 2.24) is 0 Å². The number of benzene rings is 1. The molecule has 0 amide bonds. The van der Waals surface area contributed by atoms with Crippen LogP contribution in [-0.2, 0) is 0 Å². The molecule has 0 saturated carbocycles. The Morgan fingerprint density at radius 3 is 2.53 bits per heavy atom. The fraction of sp³-hybridized carbons (Fsp3) is 0.571. The van der Waals surface area contributed by atoms with Gasteiger partial charge >= 0.3 is 0 Å². The van der Waals surface area contributed by atoms with Gasteiger partial charge in [-0.2, -0.15) is 0 Å². The van der Waals surface area contributed by atoms with E-state index < -0.39 is 0 Å². The third-order valence-corrected chi connectivity index (χ3v) is 3.47. The van der Waals surface area contributed by atoms with Gasteiger partial charge in [0.1, 0.15) is 0 Å². The lowest BCUT2D eigenvalue weighted by atomic mass is 9.87. The zero-order chi connectivity index (χ0) is 11.0. The average Bonchev–Trinajstić information content (AvgIpc) is 2.17. The topological polar surface area (TPSA) is 3.24 Å². The molecule has 1 aromatic carbocycles. The zero-order valence-corrected chi connectivity index (χ0v) is 10.2. The second kappa shape index (κ2) is 3.88. The molecular weight excluding hydrogens is 182 g/mol. The Morgan fingerprint density at radius 1 is 1.20 bits per heavy atom. The molecule has 0 fully saturated rings. The monoisotopic (exact) mass is 203 g/mol. The highest BCUT2D eigenvalue weighted by molar-refractivity contribution is 5.58. The largest absolute Gasteiger partial charge is 0.366 e. The molecule has 82 valence electrons. The molecule has 15 heavy (non-hydrogen) atoms. The predicted molar refractivity (Wildman–Crippen MR) is 66.6 cm³/mol. The van der Waals surface area contributed by atoms with Crippen LogP contribution < -0.4 is 4.90 Å². The Bertz CT molecular complexity index is 343. The number of fused-ring (bicyclic) bond motifs is 1. The second-order valence-electron chi connectivity index (χ2n) is 5.05. The molecular formula is C14H21N. The van der Waals surface area contributed by atoms with Gasteiger partial charge in [-0.3, -0.25) is 0 Å². The van der Waals surface area contributed by atoms with Gasteiger partial charge in [0.2, 0.25) is 0 Å². The Hall–Kier alpha value is -0.980. The molecule has 0 N–H and O–H groups in total. The maximum Gasteiger partial charge on any atom is 0.0406 e. The van der Waals surface area contributed by atoms with Crippen LogP contribution in [0.15, 0.2) is 24.3 Å². The molecule has 0 unspecified atom stereocenters. The fourth-order valence-corrected chi connectivity index (χ4v) is 2.92. The summed E-state index contributed by atoms with van der Waals surface area (Å²) in [7, 11) is 0. The lowest BCUT2D eigenvalue weighted by molar-refractivity contribution is 0.479. The first-order valence-electron chi connectivity index (χ1n) is 5.98. The summed E-state index contributed by atoms with van der Waals surface area (Å²) < 4.78 is 0. The molecule has 0 saturated heterocycles. The summed E-state index contributed by atoms with van der Waals surface area (Å²) in [6, 6.07) is 10.1. The van der Waals surface area contributed by atoms with Gasteiger partial charge < -0.3 is 4.90 Å². The van der Waals surface area contributed by atoms with E-state index in [1.807, 2.05) is 0 Å². The molecule has 0 bridgehead atoms. The van der Waals surface area contributed by atoms with E-state index in [0.29, 0.717) is 18.0 Å². The smallest absolute Gasteiger partial charge is 0.0406 e. The molecule has 0 radical (unpaired) electrons. The van der Waals surface area contributed by atoms with Crippen LogP contribution in [-0.4, -0.2) is 12.1 Å². The summed E-state index contributed by atoms with van der Waals surface area (Å²) in [4.78, 5) is 2.55. The van der Waals surface area contributed by atoms with Crippen LogP contribution in [0.5, 0.6) is 0 Å². The van der Waals surface area contributed by atoms with Crippen molar-refractivity contribution in [2.75, 3.05) is 4.90 Å².